The van der Waals surface area contributed by atoms with Gasteiger partial charge in [-0.15, -0.1) is 12.1 Å². The summed E-state index contributed by atoms with van der Waals surface area (Å²) in [6.07, 6.45) is 8.36. The van der Waals surface area contributed by atoms with Gasteiger partial charge in [0.1, 0.15) is 11.4 Å². The summed E-state index contributed by atoms with van der Waals surface area (Å²) in [6.45, 7) is 0. The largest absolute Gasteiger partial charge is 2.00 e. The number of pyridine rings is 1. The number of aromatic nitrogens is 5. The number of rotatable bonds is 4. The average molecular weight is 813 g/mol. The molecule has 0 aliphatic carbocycles. The number of hydrogen-bond acceptors (Lipinski definition) is 3. The van der Waals surface area contributed by atoms with Crippen molar-refractivity contribution in [1.82, 2.24) is 19.1 Å². The minimum atomic E-state index is -0.275. The molecule has 49 heavy (non-hydrogen) atoms. The fraction of sp³-hybridized carbons (Fsp3) is 0.0238. The van der Waals surface area contributed by atoms with Crippen molar-refractivity contribution in [2.45, 2.75) is 6.04 Å². The predicted octanol–water partition coefficient (Wildman–Crippen LogP) is 8.70. The van der Waals surface area contributed by atoms with Gasteiger partial charge in [-0.3, -0.25) is 14.0 Å². The summed E-state index contributed by atoms with van der Waals surface area (Å²) >= 11 is 0. The molecule has 1 aliphatic heterocycles. The Bertz CT molecular complexity index is 2180. The molecule has 1 aliphatic rings. The van der Waals surface area contributed by atoms with Gasteiger partial charge in [0.05, 0.1) is 0 Å². The minimum absolute atomic E-state index is 0. The van der Waals surface area contributed by atoms with Crippen LogP contribution in [-0.4, -0.2) is 19.1 Å². The second-order valence-electron chi connectivity index (χ2n) is 11.7. The van der Waals surface area contributed by atoms with Gasteiger partial charge < -0.3 is 0 Å². The van der Waals surface area contributed by atoms with E-state index < -0.39 is 0 Å². The quantitative estimate of drug-likeness (QED) is 0.132. The fourth-order valence-electron chi connectivity index (χ4n) is 6.44. The fourth-order valence-corrected chi connectivity index (χ4v) is 6.44. The van der Waals surface area contributed by atoms with E-state index in [1.54, 1.807) is 0 Å². The van der Waals surface area contributed by atoms with Crippen molar-refractivity contribution in [3.63, 3.8) is 0 Å². The van der Waals surface area contributed by atoms with E-state index in [0.717, 1.165) is 62.6 Å². The van der Waals surface area contributed by atoms with Gasteiger partial charge in [-0.05, 0) is 42.1 Å². The van der Waals surface area contributed by atoms with Gasteiger partial charge in [0.15, 0.2) is 18.2 Å². The molecule has 8 aromatic rings. The number of imidazole rings is 2. The molecule has 1 unspecified atom stereocenters. The predicted molar refractivity (Wildman–Crippen MR) is 188 cm³/mol. The topological polar surface area (TPSA) is 42.8 Å². The van der Waals surface area contributed by atoms with Crippen LogP contribution in [0.4, 0.5) is 17.3 Å². The number of nitrogens with zero attached hydrogens (tertiary/aromatic N) is 6. The van der Waals surface area contributed by atoms with Gasteiger partial charge in [0.2, 0.25) is 12.0 Å². The van der Waals surface area contributed by atoms with E-state index in [2.05, 4.69) is 153 Å². The van der Waals surface area contributed by atoms with E-state index in [1.807, 2.05) is 48.5 Å². The van der Waals surface area contributed by atoms with Crippen LogP contribution in [0.25, 0.3) is 33.9 Å². The van der Waals surface area contributed by atoms with Gasteiger partial charge in [-0.2, -0.15) is 41.0 Å². The van der Waals surface area contributed by atoms with Crippen LogP contribution in [0, 0.1) is 12.1 Å². The Balaban J connectivity index is 0.00000348. The Morgan fingerprint density at radius 2 is 1.06 bits per heavy atom. The van der Waals surface area contributed by atoms with Gasteiger partial charge in [-0.1, -0.05) is 66.2 Å². The first-order valence-corrected chi connectivity index (χ1v) is 16.0. The normalized spacial score (nSPS) is 13.3. The molecular weight excluding hydrogens is 784 g/mol. The first-order valence-electron chi connectivity index (χ1n) is 16.0. The SMILES string of the molecule is [Pt+2].[c-]1c2cccc1C([n+]1ccccc1)c1nc(cn1-c1ccccc1)-c1cn(-c3ccccc3)c(n1)N(c1ccccc1)c1[c-]c-2ccc1. The number of anilines is 3. The summed E-state index contributed by atoms with van der Waals surface area (Å²) in [5.74, 6) is 1.58. The molecule has 7 heteroatoms. The monoisotopic (exact) mass is 812 g/mol. The molecular formula is C42H29N6Pt+. The summed E-state index contributed by atoms with van der Waals surface area (Å²) in [7, 11) is 0. The van der Waals surface area contributed by atoms with Crippen LogP contribution >= 0.6 is 0 Å². The second kappa shape index (κ2) is 13.0. The summed E-state index contributed by atoms with van der Waals surface area (Å²) < 4.78 is 6.51. The zero-order valence-corrected chi connectivity index (χ0v) is 28.5. The summed E-state index contributed by atoms with van der Waals surface area (Å²) in [6, 6.07) is 57.0. The molecule has 0 fully saturated rings. The zero-order valence-electron chi connectivity index (χ0n) is 26.2. The molecule has 8 bridgehead atoms. The van der Waals surface area contributed by atoms with E-state index in [9.17, 15) is 0 Å². The van der Waals surface area contributed by atoms with Crippen molar-refractivity contribution in [2.24, 2.45) is 0 Å². The molecule has 6 nitrogen and oxygen atoms in total. The summed E-state index contributed by atoms with van der Waals surface area (Å²) in [4.78, 5) is 12.9. The molecule has 9 rings (SSSR count). The third-order valence-corrected chi connectivity index (χ3v) is 8.67. The molecule has 1 atom stereocenters. The van der Waals surface area contributed by atoms with Gasteiger partial charge in [0.25, 0.3) is 0 Å². The molecule has 0 N–H and O–H groups in total. The van der Waals surface area contributed by atoms with Crippen LogP contribution in [0.5, 0.6) is 0 Å². The third kappa shape index (κ3) is 5.60. The molecule has 3 aromatic heterocycles. The van der Waals surface area contributed by atoms with Crippen LogP contribution in [0.2, 0.25) is 0 Å². The Labute approximate surface area is 299 Å². The molecule has 0 saturated carbocycles. The van der Waals surface area contributed by atoms with Gasteiger partial charge in [-0.25, -0.2) is 21.1 Å². The summed E-state index contributed by atoms with van der Waals surface area (Å²) in [5, 5.41) is 0. The van der Waals surface area contributed by atoms with Crippen LogP contribution < -0.4 is 9.47 Å². The smallest absolute Gasteiger partial charge is 0.299 e. The maximum atomic E-state index is 5.41. The number of fused-ring (bicyclic) bond motifs is 10. The van der Waals surface area contributed by atoms with Crippen LogP contribution in [0.3, 0.4) is 0 Å². The minimum Gasteiger partial charge on any atom is -0.299 e. The molecule has 0 radical (unpaired) electrons. The standard InChI is InChI=1S/C42H29N6.Pt/c1-5-18-34(19-6-1)46-29-38-39-30-47(35-20-7-2-8-21-35)42(44-39)48(36-22-9-3-10-23-36)37-24-14-16-32(28-37)31-15-13-17-33(27-31)40(41(46)43-38)45-25-11-4-12-26-45;/h1-26,29-30,40H;/q-1;+2. The Kier molecular flexibility index (Phi) is 8.08. The molecule has 4 heterocycles. The molecule has 5 aromatic carbocycles. The molecule has 236 valence electrons. The van der Waals surface area contributed by atoms with Gasteiger partial charge >= 0.3 is 21.1 Å². The Morgan fingerprint density at radius 3 is 1.76 bits per heavy atom. The molecule has 0 spiro atoms. The molecule has 0 amide bonds. The van der Waals surface area contributed by atoms with Crippen molar-refractivity contribution in [2.75, 3.05) is 4.90 Å². The van der Waals surface area contributed by atoms with E-state index in [0.29, 0.717) is 0 Å². The molecule has 0 saturated heterocycles. The van der Waals surface area contributed by atoms with Crippen molar-refractivity contribution >= 4 is 17.3 Å². The van der Waals surface area contributed by atoms with Crippen LogP contribution in [-0.2, 0) is 21.1 Å². The second-order valence-corrected chi connectivity index (χ2v) is 11.7. The zero-order chi connectivity index (χ0) is 31.9. The van der Waals surface area contributed by atoms with Crippen LogP contribution in [0.15, 0.2) is 170 Å². The maximum Gasteiger partial charge on any atom is 2.00 e. The van der Waals surface area contributed by atoms with E-state index in [1.165, 1.54) is 0 Å². The van der Waals surface area contributed by atoms with Crippen molar-refractivity contribution in [1.29, 1.82) is 0 Å². The maximum absolute atomic E-state index is 5.41. The van der Waals surface area contributed by atoms with Gasteiger partial charge in [0, 0.05) is 41.6 Å². The summed E-state index contributed by atoms with van der Waals surface area (Å²) in [5.41, 5.74) is 8.26. The van der Waals surface area contributed by atoms with Crippen molar-refractivity contribution in [3.05, 3.63) is 194 Å². The number of benzene rings is 5. The first-order chi connectivity index (χ1) is 23.8. The van der Waals surface area contributed by atoms with Crippen molar-refractivity contribution < 1.29 is 25.6 Å². The van der Waals surface area contributed by atoms with Crippen LogP contribution in [0.1, 0.15) is 17.4 Å². The van der Waals surface area contributed by atoms with E-state index in [4.69, 9.17) is 9.97 Å². The first kappa shape index (κ1) is 30.5. The Morgan fingerprint density at radius 1 is 0.510 bits per heavy atom. The number of hydrogen-bond donors (Lipinski definition) is 0. The average Bonchev–Trinajstić information content (AvgIpc) is 3.79. The number of para-hydroxylation sites is 3. The third-order valence-electron chi connectivity index (χ3n) is 8.67. The van der Waals surface area contributed by atoms with E-state index >= 15 is 0 Å². The van der Waals surface area contributed by atoms with Crippen molar-refractivity contribution in [3.8, 4) is 33.9 Å². The van der Waals surface area contributed by atoms with E-state index in [-0.39, 0.29) is 27.1 Å². The Hall–Kier alpha value is -5.84.